The molecule has 1 aromatic carbocycles. The number of fused-ring (bicyclic) bond motifs is 2. The molecule has 2 atom stereocenters. The number of nitrogens with zero attached hydrogens (tertiary/aromatic N) is 2. The number of hydrogen-bond acceptors (Lipinski definition) is 5. The van der Waals surface area contributed by atoms with Gasteiger partial charge in [-0.15, -0.1) is 0 Å². The summed E-state index contributed by atoms with van der Waals surface area (Å²) in [5, 5.41) is 4.15. The number of pyridine rings is 1. The van der Waals surface area contributed by atoms with E-state index in [0.29, 0.717) is 24.7 Å². The third-order valence-electron chi connectivity index (χ3n) is 6.76. The van der Waals surface area contributed by atoms with E-state index in [-0.39, 0.29) is 11.8 Å². The average molecular weight is 435 g/mol. The third kappa shape index (κ3) is 4.71. The molecule has 1 amide bonds. The number of benzene rings is 1. The SMILES string of the molecule is CCC(CCN(C)Cc1oc2ccccc2c1C)c1cnc2c(c1)CC(CCN)C(=O)N2. The molecule has 0 saturated carbocycles. The van der Waals surface area contributed by atoms with Crippen molar-refractivity contribution >= 4 is 22.7 Å². The lowest BCUT2D eigenvalue weighted by atomic mass is 9.88. The van der Waals surface area contributed by atoms with Crippen molar-refractivity contribution < 1.29 is 9.21 Å². The highest BCUT2D eigenvalue weighted by atomic mass is 16.3. The van der Waals surface area contributed by atoms with Crippen LogP contribution in [0.4, 0.5) is 5.82 Å². The van der Waals surface area contributed by atoms with Crippen molar-refractivity contribution in [2.75, 3.05) is 25.5 Å². The number of rotatable bonds is 9. The number of carbonyl (C=O) groups excluding carboxylic acids is 1. The number of para-hydroxylation sites is 1. The molecule has 32 heavy (non-hydrogen) atoms. The standard InChI is InChI=1S/C26H34N4O2/c1-4-18(21-14-20-13-19(9-11-27)26(31)29-25(20)28-15-21)10-12-30(3)16-24-17(2)22-7-5-6-8-23(22)32-24/h5-8,14-15,18-19H,4,9-13,16,27H2,1-3H3,(H,28,29,31). The first-order valence-corrected chi connectivity index (χ1v) is 11.7. The zero-order valence-electron chi connectivity index (χ0n) is 19.4. The van der Waals surface area contributed by atoms with Gasteiger partial charge in [-0.25, -0.2) is 4.98 Å². The topological polar surface area (TPSA) is 84.4 Å². The highest BCUT2D eigenvalue weighted by Crippen LogP contribution is 2.31. The Bertz CT molecular complexity index is 1090. The van der Waals surface area contributed by atoms with Crippen molar-refractivity contribution in [1.29, 1.82) is 0 Å². The van der Waals surface area contributed by atoms with Crippen LogP contribution >= 0.6 is 0 Å². The Labute approximate surface area is 190 Å². The fourth-order valence-corrected chi connectivity index (χ4v) is 4.71. The Morgan fingerprint density at radius 1 is 1.34 bits per heavy atom. The van der Waals surface area contributed by atoms with E-state index in [2.05, 4.69) is 54.3 Å². The van der Waals surface area contributed by atoms with Crippen molar-refractivity contribution in [3.63, 3.8) is 0 Å². The fourth-order valence-electron chi connectivity index (χ4n) is 4.71. The lowest BCUT2D eigenvalue weighted by Crippen LogP contribution is -2.32. The number of furan rings is 1. The Morgan fingerprint density at radius 3 is 2.91 bits per heavy atom. The molecule has 0 radical (unpaired) electrons. The molecular formula is C26H34N4O2. The molecule has 2 aromatic heterocycles. The molecule has 2 unspecified atom stereocenters. The highest BCUT2D eigenvalue weighted by molar-refractivity contribution is 5.94. The van der Waals surface area contributed by atoms with Gasteiger partial charge in [-0.3, -0.25) is 9.69 Å². The Balaban J connectivity index is 1.40. The second kappa shape index (κ2) is 9.84. The minimum atomic E-state index is -0.0530. The maximum absolute atomic E-state index is 12.2. The molecular weight excluding hydrogens is 400 g/mol. The van der Waals surface area contributed by atoms with Crippen molar-refractivity contribution in [2.24, 2.45) is 11.7 Å². The van der Waals surface area contributed by atoms with Gasteiger partial charge in [-0.1, -0.05) is 31.2 Å². The molecule has 4 rings (SSSR count). The Morgan fingerprint density at radius 2 is 2.16 bits per heavy atom. The van der Waals surface area contributed by atoms with Crippen LogP contribution < -0.4 is 11.1 Å². The van der Waals surface area contributed by atoms with E-state index < -0.39 is 0 Å². The van der Waals surface area contributed by atoms with E-state index in [1.165, 1.54) is 16.5 Å². The first-order chi connectivity index (χ1) is 15.5. The fraction of sp³-hybridized carbons (Fsp3) is 0.462. The van der Waals surface area contributed by atoms with Crippen LogP contribution in [0.5, 0.6) is 0 Å². The predicted octanol–water partition coefficient (Wildman–Crippen LogP) is 4.61. The molecule has 6 heteroatoms. The molecule has 3 aromatic rings. The molecule has 3 heterocycles. The van der Waals surface area contributed by atoms with Crippen LogP contribution in [0, 0.1) is 12.8 Å². The van der Waals surface area contributed by atoms with Crippen molar-refractivity contribution in [1.82, 2.24) is 9.88 Å². The summed E-state index contributed by atoms with van der Waals surface area (Å²) in [6.07, 6.45) is 5.46. The number of amides is 1. The summed E-state index contributed by atoms with van der Waals surface area (Å²) in [5.41, 5.74) is 10.3. The second-order valence-corrected chi connectivity index (χ2v) is 9.02. The maximum atomic E-state index is 12.2. The predicted molar refractivity (Wildman–Crippen MR) is 129 cm³/mol. The largest absolute Gasteiger partial charge is 0.459 e. The summed E-state index contributed by atoms with van der Waals surface area (Å²) in [7, 11) is 2.15. The minimum Gasteiger partial charge on any atom is -0.459 e. The molecule has 1 aliphatic heterocycles. The van der Waals surface area contributed by atoms with Gasteiger partial charge in [0.15, 0.2) is 0 Å². The van der Waals surface area contributed by atoms with Gasteiger partial charge >= 0.3 is 0 Å². The molecule has 6 nitrogen and oxygen atoms in total. The average Bonchev–Trinajstić information content (AvgIpc) is 3.10. The number of aryl methyl sites for hydroxylation is 1. The summed E-state index contributed by atoms with van der Waals surface area (Å²) in [5.74, 6) is 2.16. The zero-order valence-corrected chi connectivity index (χ0v) is 19.4. The van der Waals surface area contributed by atoms with Gasteiger partial charge in [0.2, 0.25) is 5.91 Å². The third-order valence-corrected chi connectivity index (χ3v) is 6.76. The van der Waals surface area contributed by atoms with E-state index in [9.17, 15) is 4.79 Å². The summed E-state index contributed by atoms with van der Waals surface area (Å²) in [4.78, 5) is 19.1. The number of anilines is 1. The minimum absolute atomic E-state index is 0.0396. The number of nitrogens with two attached hydrogens (primary N) is 1. The quantitative estimate of drug-likeness (QED) is 0.514. The summed E-state index contributed by atoms with van der Waals surface area (Å²) in [6.45, 7) is 6.66. The van der Waals surface area contributed by atoms with Crippen molar-refractivity contribution in [2.45, 2.75) is 52.0 Å². The molecule has 1 aliphatic rings. The van der Waals surface area contributed by atoms with E-state index in [0.717, 1.165) is 49.3 Å². The number of hydrogen-bond donors (Lipinski definition) is 2. The number of nitrogens with one attached hydrogen (secondary N) is 1. The smallest absolute Gasteiger partial charge is 0.229 e. The van der Waals surface area contributed by atoms with Crippen LogP contribution in [-0.2, 0) is 17.8 Å². The summed E-state index contributed by atoms with van der Waals surface area (Å²) in [6, 6.07) is 10.5. The van der Waals surface area contributed by atoms with Gasteiger partial charge < -0.3 is 15.5 Å². The monoisotopic (exact) mass is 434 g/mol. The van der Waals surface area contributed by atoms with Crippen LogP contribution in [0.1, 0.15) is 54.6 Å². The molecule has 0 aliphatic carbocycles. The summed E-state index contributed by atoms with van der Waals surface area (Å²) < 4.78 is 6.09. The molecule has 0 bridgehead atoms. The Kier molecular flexibility index (Phi) is 6.92. The van der Waals surface area contributed by atoms with Gasteiger partial charge in [0.25, 0.3) is 0 Å². The maximum Gasteiger partial charge on any atom is 0.229 e. The van der Waals surface area contributed by atoms with Gasteiger partial charge in [0.1, 0.15) is 17.2 Å². The van der Waals surface area contributed by atoms with Gasteiger partial charge in [0.05, 0.1) is 6.54 Å². The second-order valence-electron chi connectivity index (χ2n) is 9.02. The van der Waals surface area contributed by atoms with E-state index in [1.54, 1.807) is 0 Å². The van der Waals surface area contributed by atoms with Crippen LogP contribution in [0.15, 0.2) is 40.9 Å². The molecule has 3 N–H and O–H groups in total. The van der Waals surface area contributed by atoms with Gasteiger partial charge in [-0.05, 0) is 81.4 Å². The van der Waals surface area contributed by atoms with Crippen LogP contribution in [0.2, 0.25) is 0 Å². The van der Waals surface area contributed by atoms with E-state index in [4.69, 9.17) is 10.2 Å². The van der Waals surface area contributed by atoms with E-state index in [1.807, 2.05) is 18.3 Å². The van der Waals surface area contributed by atoms with Crippen molar-refractivity contribution in [3.8, 4) is 0 Å². The van der Waals surface area contributed by atoms with Gasteiger partial charge in [-0.2, -0.15) is 0 Å². The molecule has 0 spiro atoms. The lowest BCUT2D eigenvalue weighted by Gasteiger charge is -2.26. The van der Waals surface area contributed by atoms with Gasteiger partial charge in [0, 0.05) is 17.5 Å². The van der Waals surface area contributed by atoms with Crippen LogP contribution in [0.3, 0.4) is 0 Å². The molecule has 0 fully saturated rings. The first kappa shape index (κ1) is 22.5. The highest BCUT2D eigenvalue weighted by Gasteiger charge is 2.27. The zero-order chi connectivity index (χ0) is 22.7. The van der Waals surface area contributed by atoms with Crippen LogP contribution in [-0.4, -0.2) is 35.9 Å². The van der Waals surface area contributed by atoms with Crippen molar-refractivity contribution in [3.05, 3.63) is 59.0 Å². The Hall–Kier alpha value is -2.70. The summed E-state index contributed by atoms with van der Waals surface area (Å²) >= 11 is 0. The normalized spacial score (nSPS) is 16.9. The molecule has 170 valence electrons. The first-order valence-electron chi connectivity index (χ1n) is 11.7. The van der Waals surface area contributed by atoms with Crippen LogP contribution in [0.25, 0.3) is 11.0 Å². The number of carbonyl (C=O) groups is 1. The molecule has 0 saturated heterocycles. The van der Waals surface area contributed by atoms with E-state index >= 15 is 0 Å². The number of aromatic nitrogens is 1. The lowest BCUT2D eigenvalue weighted by molar-refractivity contribution is -0.120.